The van der Waals surface area contributed by atoms with Crippen LogP contribution in [0.25, 0.3) is 0 Å². The van der Waals surface area contributed by atoms with Gasteiger partial charge < -0.3 is 19.5 Å². The van der Waals surface area contributed by atoms with Crippen molar-refractivity contribution >= 4 is 17.6 Å². The Morgan fingerprint density at radius 2 is 1.69 bits per heavy atom. The summed E-state index contributed by atoms with van der Waals surface area (Å²) in [5, 5.41) is 2.98. The monoisotopic (exact) mass is 405 g/mol. The normalized spacial score (nSPS) is 16.0. The lowest BCUT2D eigenvalue weighted by Crippen LogP contribution is -2.45. The van der Waals surface area contributed by atoms with E-state index in [2.05, 4.69) is 5.32 Å². The number of hydrogen-bond donors (Lipinski definition) is 1. The number of ether oxygens (including phenoxy) is 3. The van der Waals surface area contributed by atoms with E-state index in [9.17, 15) is 9.59 Å². The maximum atomic E-state index is 13.2. The zero-order chi connectivity index (χ0) is 21.1. The average Bonchev–Trinajstić information content (AvgIpc) is 2.98. The molecule has 0 bridgehead atoms. The van der Waals surface area contributed by atoms with Crippen molar-refractivity contribution in [3.63, 3.8) is 0 Å². The summed E-state index contributed by atoms with van der Waals surface area (Å²) in [5.41, 5.74) is 0.0710. The van der Waals surface area contributed by atoms with Gasteiger partial charge in [0.1, 0.15) is 16.9 Å². The number of nitrogens with one attached hydrogen (secondary N) is 1. The van der Waals surface area contributed by atoms with Crippen LogP contribution < -0.4 is 10.1 Å². The Morgan fingerprint density at radius 1 is 1.00 bits per heavy atom. The van der Waals surface area contributed by atoms with Crippen LogP contribution in [0.4, 0.5) is 5.69 Å². The Bertz CT molecular complexity index is 665. The second-order valence-corrected chi connectivity index (χ2v) is 7.49. The van der Waals surface area contributed by atoms with Crippen molar-refractivity contribution in [1.29, 1.82) is 0 Å². The van der Waals surface area contributed by atoms with Gasteiger partial charge in [0.15, 0.2) is 0 Å². The number of esters is 1. The quantitative estimate of drug-likeness (QED) is 0.432. The minimum Gasteiger partial charge on any atom is -0.493 e. The summed E-state index contributed by atoms with van der Waals surface area (Å²) in [5.74, 6) is -0.124. The highest BCUT2D eigenvalue weighted by Crippen LogP contribution is 2.33. The van der Waals surface area contributed by atoms with Gasteiger partial charge in [0.25, 0.3) is 5.91 Å². The van der Waals surface area contributed by atoms with Crippen molar-refractivity contribution in [2.45, 2.75) is 77.7 Å². The molecule has 1 fully saturated rings. The number of carbonyl (C=O) groups is 2. The van der Waals surface area contributed by atoms with Crippen LogP contribution in [0.1, 0.15) is 82.5 Å². The molecule has 0 spiro atoms. The number of benzene rings is 1. The molecule has 0 unspecified atom stereocenters. The van der Waals surface area contributed by atoms with E-state index in [1.54, 1.807) is 25.1 Å². The molecule has 2 rings (SSSR count). The molecule has 0 radical (unpaired) electrons. The third-order valence-corrected chi connectivity index (χ3v) is 5.10. The predicted octanol–water partition coefficient (Wildman–Crippen LogP) is 5.11. The van der Waals surface area contributed by atoms with Gasteiger partial charge in [0, 0.05) is 12.3 Å². The van der Waals surface area contributed by atoms with Crippen molar-refractivity contribution in [1.82, 2.24) is 0 Å². The van der Waals surface area contributed by atoms with E-state index in [0.717, 1.165) is 51.4 Å². The zero-order valence-electron chi connectivity index (χ0n) is 18.1. The van der Waals surface area contributed by atoms with E-state index in [1.807, 2.05) is 13.8 Å². The van der Waals surface area contributed by atoms with Crippen LogP contribution in [0.3, 0.4) is 0 Å². The fraction of sp³-hybridized carbons (Fsp3) is 0.652. The maximum Gasteiger partial charge on any atom is 0.341 e. The van der Waals surface area contributed by atoms with E-state index in [-0.39, 0.29) is 12.5 Å². The molecular formula is C23H35NO5. The lowest BCUT2D eigenvalue weighted by molar-refractivity contribution is -0.143. The van der Waals surface area contributed by atoms with Gasteiger partial charge >= 0.3 is 5.97 Å². The molecule has 1 aromatic rings. The van der Waals surface area contributed by atoms with Gasteiger partial charge in [-0.05, 0) is 50.8 Å². The van der Waals surface area contributed by atoms with Crippen LogP contribution >= 0.6 is 0 Å². The summed E-state index contributed by atoms with van der Waals surface area (Å²) in [7, 11) is 0. The largest absolute Gasteiger partial charge is 0.493 e. The maximum absolute atomic E-state index is 13.2. The number of anilines is 1. The summed E-state index contributed by atoms with van der Waals surface area (Å²) in [6.45, 7) is 7.15. The predicted molar refractivity (Wildman–Crippen MR) is 113 cm³/mol. The van der Waals surface area contributed by atoms with Crippen LogP contribution in [0.15, 0.2) is 18.2 Å². The molecule has 6 nitrogen and oxygen atoms in total. The Kier molecular flexibility index (Phi) is 9.45. The van der Waals surface area contributed by atoms with E-state index >= 15 is 0 Å². The molecule has 0 saturated heterocycles. The topological polar surface area (TPSA) is 73.9 Å². The number of rotatable bonds is 10. The first-order valence-electron chi connectivity index (χ1n) is 11.0. The van der Waals surface area contributed by atoms with Crippen molar-refractivity contribution < 1.29 is 23.8 Å². The fourth-order valence-corrected chi connectivity index (χ4v) is 3.59. The summed E-state index contributed by atoms with van der Waals surface area (Å²) >= 11 is 0. The fourth-order valence-electron chi connectivity index (χ4n) is 3.59. The lowest BCUT2D eigenvalue weighted by Gasteiger charge is -2.31. The highest BCUT2D eigenvalue weighted by Gasteiger charge is 2.39. The lowest BCUT2D eigenvalue weighted by atomic mass is 9.92. The third kappa shape index (κ3) is 6.46. The molecule has 1 saturated carbocycles. The Labute approximate surface area is 174 Å². The minimum absolute atomic E-state index is 0.134. The number of hydrogen-bond acceptors (Lipinski definition) is 5. The molecule has 162 valence electrons. The molecule has 0 aliphatic heterocycles. The summed E-state index contributed by atoms with van der Waals surface area (Å²) in [4.78, 5) is 25.6. The average molecular weight is 406 g/mol. The van der Waals surface area contributed by atoms with Gasteiger partial charge in [-0.3, -0.25) is 4.79 Å². The first kappa shape index (κ1) is 23.2. The molecule has 1 aliphatic rings. The summed E-state index contributed by atoms with van der Waals surface area (Å²) in [6, 6.07) is 5.10. The first-order chi connectivity index (χ1) is 14.1. The SMILES string of the molecule is CCCOc1ccc(NC(=O)C2(OCCC)CCCCCC2)cc1C(=O)OCC. The van der Waals surface area contributed by atoms with Crippen LogP contribution in [-0.4, -0.2) is 37.3 Å². The highest BCUT2D eigenvalue weighted by molar-refractivity contribution is 5.99. The highest BCUT2D eigenvalue weighted by atomic mass is 16.5. The minimum atomic E-state index is -0.798. The van der Waals surface area contributed by atoms with Gasteiger partial charge in [-0.2, -0.15) is 0 Å². The number of carbonyl (C=O) groups excluding carboxylic acids is 2. The van der Waals surface area contributed by atoms with E-state index in [1.165, 1.54) is 0 Å². The van der Waals surface area contributed by atoms with Crippen LogP contribution in [0.2, 0.25) is 0 Å². The second-order valence-electron chi connectivity index (χ2n) is 7.49. The van der Waals surface area contributed by atoms with E-state index in [0.29, 0.717) is 30.2 Å². The molecule has 1 amide bonds. The first-order valence-corrected chi connectivity index (χ1v) is 11.0. The molecule has 0 aromatic heterocycles. The van der Waals surface area contributed by atoms with Crippen molar-refractivity contribution in [2.24, 2.45) is 0 Å². The molecule has 1 aliphatic carbocycles. The zero-order valence-corrected chi connectivity index (χ0v) is 18.1. The smallest absolute Gasteiger partial charge is 0.341 e. The summed E-state index contributed by atoms with van der Waals surface area (Å²) < 4.78 is 16.9. The molecule has 29 heavy (non-hydrogen) atoms. The van der Waals surface area contributed by atoms with Crippen LogP contribution in [0, 0.1) is 0 Å². The molecule has 0 atom stereocenters. The van der Waals surface area contributed by atoms with Gasteiger partial charge in [0.05, 0.1) is 13.2 Å². The Morgan fingerprint density at radius 3 is 2.31 bits per heavy atom. The third-order valence-electron chi connectivity index (χ3n) is 5.10. The molecule has 1 N–H and O–H groups in total. The second kappa shape index (κ2) is 11.8. The Hall–Kier alpha value is -2.08. The number of amides is 1. The van der Waals surface area contributed by atoms with E-state index < -0.39 is 11.6 Å². The van der Waals surface area contributed by atoms with Crippen LogP contribution in [0.5, 0.6) is 5.75 Å². The van der Waals surface area contributed by atoms with Crippen molar-refractivity contribution in [3.8, 4) is 5.75 Å². The standard InChI is InChI=1S/C23H35NO5/c1-4-15-28-20-12-11-18(17-19(20)21(25)27-6-3)24-22(26)23(29-16-5-2)13-9-7-8-10-14-23/h11-12,17H,4-10,13-16H2,1-3H3,(H,24,26). The molecule has 1 aromatic carbocycles. The van der Waals surface area contributed by atoms with Crippen LogP contribution in [-0.2, 0) is 14.3 Å². The Balaban J connectivity index is 2.24. The summed E-state index contributed by atoms with van der Waals surface area (Å²) in [6.07, 6.45) is 7.36. The van der Waals surface area contributed by atoms with Crippen molar-refractivity contribution in [2.75, 3.05) is 25.1 Å². The van der Waals surface area contributed by atoms with Gasteiger partial charge in [-0.1, -0.05) is 39.5 Å². The van der Waals surface area contributed by atoms with Gasteiger partial charge in [-0.25, -0.2) is 4.79 Å². The van der Waals surface area contributed by atoms with Gasteiger partial charge in [-0.15, -0.1) is 0 Å². The molecule has 0 heterocycles. The van der Waals surface area contributed by atoms with Crippen molar-refractivity contribution in [3.05, 3.63) is 23.8 Å². The molecule has 6 heteroatoms. The van der Waals surface area contributed by atoms with E-state index in [4.69, 9.17) is 14.2 Å². The molecular weight excluding hydrogens is 370 g/mol. The van der Waals surface area contributed by atoms with Gasteiger partial charge in [0.2, 0.25) is 0 Å².